The van der Waals surface area contributed by atoms with E-state index in [9.17, 15) is 4.79 Å². The molecule has 0 spiro atoms. The average Bonchev–Trinajstić information content (AvgIpc) is 2.02. The van der Waals surface area contributed by atoms with E-state index in [4.69, 9.17) is 0 Å². The van der Waals surface area contributed by atoms with Crippen LogP contribution in [0.15, 0.2) is 11.6 Å². The molecule has 2 rings (SSSR count). The number of hydrogen-bond donors (Lipinski definition) is 0. The number of allylic oxidation sites excluding steroid dienone is 2. The van der Waals surface area contributed by atoms with Gasteiger partial charge in [0.05, 0.1) is 0 Å². The molecule has 0 aromatic rings. The summed E-state index contributed by atoms with van der Waals surface area (Å²) in [7, 11) is 0. The fourth-order valence-electron chi connectivity index (χ4n) is 2.39. The van der Waals surface area contributed by atoms with E-state index >= 15 is 0 Å². The van der Waals surface area contributed by atoms with Crippen LogP contribution in [0.25, 0.3) is 0 Å². The van der Waals surface area contributed by atoms with Crippen molar-refractivity contribution >= 4 is 5.78 Å². The van der Waals surface area contributed by atoms with Crippen LogP contribution in [-0.2, 0) is 4.79 Å². The zero-order valence-corrected chi connectivity index (χ0v) is 8.05. The maximum absolute atomic E-state index is 11.5. The molecule has 2 aliphatic rings. The lowest BCUT2D eigenvalue weighted by Gasteiger charge is -2.38. The van der Waals surface area contributed by atoms with Crippen molar-refractivity contribution in [3.05, 3.63) is 11.6 Å². The summed E-state index contributed by atoms with van der Waals surface area (Å²) in [4.78, 5) is 11.5. The minimum Gasteiger partial charge on any atom is -0.299 e. The number of carbonyl (C=O) groups is 1. The van der Waals surface area contributed by atoms with Gasteiger partial charge >= 0.3 is 0 Å². The van der Waals surface area contributed by atoms with Gasteiger partial charge in [0.2, 0.25) is 0 Å². The number of hydrogen-bond acceptors (Lipinski definition) is 1. The lowest BCUT2D eigenvalue weighted by Crippen LogP contribution is -2.32. The molecule has 66 valence electrons. The number of fused-ring (bicyclic) bond motifs is 1. The van der Waals surface area contributed by atoms with Crippen molar-refractivity contribution in [2.45, 2.75) is 33.6 Å². The minimum atomic E-state index is 0.209. The van der Waals surface area contributed by atoms with E-state index in [2.05, 4.69) is 26.8 Å². The first-order valence-corrected chi connectivity index (χ1v) is 4.75. The molecule has 1 saturated carbocycles. The molecule has 1 nitrogen and oxygen atoms in total. The van der Waals surface area contributed by atoms with Gasteiger partial charge < -0.3 is 0 Å². The predicted octanol–water partition coefficient (Wildman–Crippen LogP) is 2.57. The molecule has 0 aliphatic heterocycles. The summed E-state index contributed by atoms with van der Waals surface area (Å²) in [6.07, 6.45) is 4.23. The molecule has 0 N–H and O–H groups in total. The van der Waals surface area contributed by atoms with Crippen LogP contribution >= 0.6 is 0 Å². The van der Waals surface area contributed by atoms with E-state index in [0.717, 1.165) is 12.8 Å². The third kappa shape index (κ3) is 0.954. The highest BCUT2D eigenvalue weighted by Crippen LogP contribution is 2.50. The Bertz CT molecular complexity index is 255. The molecule has 0 unspecified atom stereocenters. The molecule has 0 radical (unpaired) electrons. The highest BCUT2D eigenvalue weighted by molar-refractivity contribution is 5.88. The van der Waals surface area contributed by atoms with Gasteiger partial charge in [-0.15, -0.1) is 0 Å². The smallest absolute Gasteiger partial charge is 0.140 e. The number of Topliss-reactive ketones (excluding diaryl/α,β-unsaturated/α-hetero) is 1. The quantitative estimate of drug-likeness (QED) is 0.503. The van der Waals surface area contributed by atoms with Crippen LogP contribution in [0.1, 0.15) is 33.6 Å². The Morgan fingerprint density at radius 1 is 1.42 bits per heavy atom. The second-order valence-electron chi connectivity index (χ2n) is 5.02. The van der Waals surface area contributed by atoms with Gasteiger partial charge in [-0.2, -0.15) is 0 Å². The Balaban J connectivity index is 2.24. The van der Waals surface area contributed by atoms with Crippen molar-refractivity contribution in [2.24, 2.45) is 17.3 Å². The first-order valence-electron chi connectivity index (χ1n) is 4.75. The summed E-state index contributed by atoms with van der Waals surface area (Å²) in [6, 6.07) is 0. The Labute approximate surface area is 73.8 Å². The fourth-order valence-corrected chi connectivity index (χ4v) is 2.39. The minimum absolute atomic E-state index is 0.209. The second kappa shape index (κ2) is 2.21. The molecular weight excluding hydrogens is 148 g/mol. The highest BCUT2D eigenvalue weighted by Gasteiger charge is 2.45. The Hall–Kier alpha value is -0.590. The molecule has 0 heterocycles. The second-order valence-corrected chi connectivity index (χ2v) is 5.02. The zero-order chi connectivity index (χ0) is 8.93. The summed E-state index contributed by atoms with van der Waals surface area (Å²) in [5, 5.41) is 0. The first-order chi connectivity index (χ1) is 5.50. The Morgan fingerprint density at radius 2 is 2.08 bits per heavy atom. The normalized spacial score (nSPS) is 34.2. The van der Waals surface area contributed by atoms with Crippen molar-refractivity contribution < 1.29 is 4.79 Å². The van der Waals surface area contributed by atoms with Crippen LogP contribution in [0.5, 0.6) is 0 Å². The van der Waals surface area contributed by atoms with E-state index < -0.39 is 0 Å². The maximum atomic E-state index is 11.5. The molecule has 0 aromatic carbocycles. The van der Waals surface area contributed by atoms with E-state index in [1.54, 1.807) is 0 Å². The fraction of sp³-hybridized carbons (Fsp3) is 0.727. The van der Waals surface area contributed by atoms with Crippen molar-refractivity contribution in [3.8, 4) is 0 Å². The lowest BCUT2D eigenvalue weighted by atomic mass is 9.66. The highest BCUT2D eigenvalue weighted by atomic mass is 16.1. The molecule has 12 heavy (non-hydrogen) atoms. The van der Waals surface area contributed by atoms with Gasteiger partial charge in [0, 0.05) is 12.3 Å². The molecule has 1 fully saturated rings. The first kappa shape index (κ1) is 8.03. The predicted molar refractivity (Wildman–Crippen MR) is 48.8 cm³/mol. The summed E-state index contributed by atoms with van der Waals surface area (Å²) in [5.41, 5.74) is 1.59. The van der Waals surface area contributed by atoms with Gasteiger partial charge in [-0.05, 0) is 17.8 Å². The van der Waals surface area contributed by atoms with Crippen LogP contribution < -0.4 is 0 Å². The summed E-state index contributed by atoms with van der Waals surface area (Å²) in [6.45, 7) is 6.59. The molecule has 0 aromatic heterocycles. The van der Waals surface area contributed by atoms with Crippen molar-refractivity contribution in [3.63, 3.8) is 0 Å². The number of carbonyl (C=O) groups excluding carboxylic acids is 1. The molecule has 0 bridgehead atoms. The molecular formula is C11H16O. The van der Waals surface area contributed by atoms with Crippen LogP contribution in [0.4, 0.5) is 0 Å². The van der Waals surface area contributed by atoms with E-state index in [-0.39, 0.29) is 5.41 Å². The SMILES string of the molecule is CC(C)(C)C1=C[C@H]2CCC(=O)[C@@H]12. The van der Waals surface area contributed by atoms with Crippen LogP contribution in [0.3, 0.4) is 0 Å². The average molecular weight is 164 g/mol. The molecule has 2 aliphatic carbocycles. The van der Waals surface area contributed by atoms with Crippen LogP contribution in [0, 0.1) is 17.3 Å². The molecule has 1 heteroatoms. The number of ketones is 1. The maximum Gasteiger partial charge on any atom is 0.140 e. The zero-order valence-electron chi connectivity index (χ0n) is 8.05. The Morgan fingerprint density at radius 3 is 2.58 bits per heavy atom. The van der Waals surface area contributed by atoms with E-state index in [0.29, 0.717) is 17.6 Å². The third-order valence-corrected chi connectivity index (χ3v) is 3.09. The van der Waals surface area contributed by atoms with Crippen molar-refractivity contribution in [1.29, 1.82) is 0 Å². The van der Waals surface area contributed by atoms with Crippen LogP contribution in [-0.4, -0.2) is 5.78 Å². The lowest BCUT2D eigenvalue weighted by molar-refractivity contribution is -0.120. The van der Waals surface area contributed by atoms with Gasteiger partial charge in [-0.3, -0.25) is 4.79 Å². The molecule has 0 saturated heterocycles. The summed E-state index contributed by atoms with van der Waals surface area (Å²) < 4.78 is 0. The van der Waals surface area contributed by atoms with Crippen molar-refractivity contribution in [1.82, 2.24) is 0 Å². The molecule has 2 atom stereocenters. The van der Waals surface area contributed by atoms with Crippen molar-refractivity contribution in [2.75, 3.05) is 0 Å². The molecule has 0 amide bonds. The van der Waals surface area contributed by atoms with Gasteiger partial charge in [-0.25, -0.2) is 0 Å². The van der Waals surface area contributed by atoms with E-state index in [1.165, 1.54) is 5.57 Å². The van der Waals surface area contributed by atoms with Gasteiger partial charge in [0.15, 0.2) is 0 Å². The van der Waals surface area contributed by atoms with Gasteiger partial charge in [0.1, 0.15) is 5.78 Å². The largest absolute Gasteiger partial charge is 0.299 e. The topological polar surface area (TPSA) is 17.1 Å². The number of rotatable bonds is 0. The van der Waals surface area contributed by atoms with Gasteiger partial charge in [-0.1, -0.05) is 32.4 Å². The summed E-state index contributed by atoms with van der Waals surface area (Å²) >= 11 is 0. The van der Waals surface area contributed by atoms with E-state index in [1.807, 2.05) is 0 Å². The third-order valence-electron chi connectivity index (χ3n) is 3.09. The van der Waals surface area contributed by atoms with Crippen LogP contribution in [0.2, 0.25) is 0 Å². The standard InChI is InChI=1S/C11H16O/c1-11(2,3)8-6-7-4-5-9(12)10(7)8/h6-7,10H,4-5H2,1-3H3/t7-,10-/m1/s1. The monoisotopic (exact) mass is 164 g/mol. The summed E-state index contributed by atoms with van der Waals surface area (Å²) in [5.74, 6) is 1.39. The van der Waals surface area contributed by atoms with Gasteiger partial charge in [0.25, 0.3) is 0 Å². The Kier molecular flexibility index (Phi) is 1.48.